The van der Waals surface area contributed by atoms with Crippen molar-refractivity contribution in [3.63, 3.8) is 0 Å². The van der Waals surface area contributed by atoms with E-state index in [1.165, 1.54) is 6.92 Å². The lowest BCUT2D eigenvalue weighted by molar-refractivity contribution is -0.120. The van der Waals surface area contributed by atoms with Gasteiger partial charge in [0.05, 0.1) is 17.4 Å². The van der Waals surface area contributed by atoms with Crippen LogP contribution < -0.4 is 15.4 Å². The average Bonchev–Trinajstić information content (AvgIpc) is 2.75. The van der Waals surface area contributed by atoms with Gasteiger partial charge in [0.1, 0.15) is 0 Å². The smallest absolute Gasteiger partial charge is 0.261 e. The second-order valence-corrected chi connectivity index (χ2v) is 9.67. The number of carbonyl (C=O) groups is 2. The molecule has 3 N–H and O–H groups in total. The highest BCUT2D eigenvalue weighted by atomic mass is 35.5. The van der Waals surface area contributed by atoms with Crippen LogP contribution in [0.15, 0.2) is 77.7 Å². The Bertz CT molecular complexity index is 1230. The van der Waals surface area contributed by atoms with Crippen LogP contribution in [0, 0.1) is 6.92 Å². The first kappa shape index (κ1) is 24.3. The summed E-state index contributed by atoms with van der Waals surface area (Å²) in [6, 6.07) is 19.2. The fraction of sp³-hybridized carbons (Fsp3) is 0.167. The van der Waals surface area contributed by atoms with Gasteiger partial charge in [-0.25, -0.2) is 8.42 Å². The molecule has 0 heterocycles. The van der Waals surface area contributed by atoms with Crippen LogP contribution in [-0.4, -0.2) is 20.2 Å². The third kappa shape index (κ3) is 7.06. The molecule has 7 nitrogen and oxygen atoms in total. The summed E-state index contributed by atoms with van der Waals surface area (Å²) in [4.78, 5) is 24.3. The number of sulfonamides is 1. The lowest BCUT2D eigenvalue weighted by Crippen LogP contribution is -2.29. The number of benzene rings is 3. The Labute approximate surface area is 198 Å². The van der Waals surface area contributed by atoms with E-state index in [4.69, 9.17) is 11.6 Å². The van der Waals surface area contributed by atoms with Crippen molar-refractivity contribution in [1.29, 1.82) is 0 Å². The number of carbonyl (C=O) groups excluding carboxylic acids is 2. The molecule has 1 atom stereocenters. The van der Waals surface area contributed by atoms with E-state index in [1.807, 2.05) is 6.92 Å². The van der Waals surface area contributed by atoms with Crippen molar-refractivity contribution < 1.29 is 18.0 Å². The summed E-state index contributed by atoms with van der Waals surface area (Å²) < 4.78 is 27.5. The lowest BCUT2D eigenvalue weighted by Gasteiger charge is -2.18. The number of amides is 2. The molecule has 0 aromatic heterocycles. The monoisotopic (exact) mass is 485 g/mol. The second-order valence-electron chi connectivity index (χ2n) is 7.55. The van der Waals surface area contributed by atoms with Gasteiger partial charge in [-0.3, -0.25) is 14.3 Å². The van der Waals surface area contributed by atoms with Crippen molar-refractivity contribution in [1.82, 2.24) is 5.32 Å². The molecule has 0 saturated carbocycles. The van der Waals surface area contributed by atoms with Gasteiger partial charge in [0, 0.05) is 23.3 Å². The Morgan fingerprint density at radius 2 is 1.45 bits per heavy atom. The average molecular weight is 486 g/mol. The molecule has 0 bridgehead atoms. The van der Waals surface area contributed by atoms with Gasteiger partial charge in [-0.05, 0) is 61.0 Å². The van der Waals surface area contributed by atoms with Crippen LogP contribution in [0.4, 0.5) is 11.4 Å². The molecule has 0 spiro atoms. The topological polar surface area (TPSA) is 104 Å². The van der Waals surface area contributed by atoms with Crippen molar-refractivity contribution in [3.05, 3.63) is 88.9 Å². The van der Waals surface area contributed by atoms with Gasteiger partial charge in [0.15, 0.2) is 0 Å². The lowest BCUT2D eigenvalue weighted by atomic mass is 10.0. The second kappa shape index (κ2) is 10.5. The van der Waals surface area contributed by atoms with Crippen LogP contribution >= 0.6 is 11.6 Å². The van der Waals surface area contributed by atoms with Crippen LogP contribution in [0.2, 0.25) is 5.02 Å². The molecule has 0 fully saturated rings. The van der Waals surface area contributed by atoms with Gasteiger partial charge >= 0.3 is 0 Å². The highest BCUT2D eigenvalue weighted by Gasteiger charge is 2.18. The first-order valence-electron chi connectivity index (χ1n) is 10.1. The van der Waals surface area contributed by atoms with Crippen LogP contribution in [0.1, 0.15) is 30.5 Å². The number of aryl methyl sites for hydroxylation is 1. The number of nitrogens with one attached hydrogen (secondary N) is 3. The largest absolute Gasteiger partial charge is 0.349 e. The molecule has 172 valence electrons. The fourth-order valence-corrected chi connectivity index (χ4v) is 4.33. The van der Waals surface area contributed by atoms with E-state index in [0.717, 1.165) is 11.1 Å². The minimum atomic E-state index is -3.71. The molecule has 0 saturated heterocycles. The standard InChI is InChI=1S/C24H24ClN3O4S/c1-16-3-13-22(14-4-16)33(31,32)28-21-11-9-20(10-12-21)27-24(30)15-23(26-17(2)29)18-5-7-19(25)8-6-18/h3-14,23,28H,15H2,1-2H3,(H,26,29)(H,27,30). The van der Waals surface area contributed by atoms with Crippen LogP contribution in [-0.2, 0) is 19.6 Å². The Morgan fingerprint density at radius 3 is 2.03 bits per heavy atom. The molecule has 3 aromatic rings. The van der Waals surface area contributed by atoms with Gasteiger partial charge in [0.2, 0.25) is 11.8 Å². The highest BCUT2D eigenvalue weighted by molar-refractivity contribution is 7.92. The third-order valence-corrected chi connectivity index (χ3v) is 6.44. The van der Waals surface area contributed by atoms with Gasteiger partial charge in [-0.1, -0.05) is 41.4 Å². The number of rotatable bonds is 8. The molecule has 33 heavy (non-hydrogen) atoms. The summed E-state index contributed by atoms with van der Waals surface area (Å²) in [6.45, 7) is 3.27. The summed E-state index contributed by atoms with van der Waals surface area (Å²) in [5.41, 5.74) is 2.58. The van der Waals surface area contributed by atoms with Crippen molar-refractivity contribution in [2.45, 2.75) is 31.2 Å². The van der Waals surface area contributed by atoms with Crippen LogP contribution in [0.25, 0.3) is 0 Å². The summed E-state index contributed by atoms with van der Waals surface area (Å²) in [5.74, 6) is -0.565. The van der Waals surface area contributed by atoms with E-state index in [1.54, 1.807) is 72.8 Å². The Balaban J connectivity index is 1.64. The van der Waals surface area contributed by atoms with E-state index in [9.17, 15) is 18.0 Å². The molecule has 0 radical (unpaired) electrons. The van der Waals surface area contributed by atoms with Crippen molar-refractivity contribution in [3.8, 4) is 0 Å². The summed E-state index contributed by atoms with van der Waals surface area (Å²) in [7, 11) is -3.71. The first-order valence-corrected chi connectivity index (χ1v) is 12.0. The maximum atomic E-state index is 12.6. The van der Waals surface area contributed by atoms with Crippen LogP contribution in [0.3, 0.4) is 0 Å². The minimum Gasteiger partial charge on any atom is -0.349 e. The minimum absolute atomic E-state index is 0.0169. The molecule has 1 unspecified atom stereocenters. The quantitative estimate of drug-likeness (QED) is 0.431. The molecule has 3 aromatic carbocycles. The molecule has 2 amide bonds. The fourth-order valence-electron chi connectivity index (χ4n) is 3.14. The number of anilines is 2. The predicted octanol–water partition coefficient (Wildman–Crippen LogP) is 4.66. The summed E-state index contributed by atoms with van der Waals surface area (Å²) >= 11 is 5.92. The highest BCUT2D eigenvalue weighted by Crippen LogP contribution is 2.22. The Morgan fingerprint density at radius 1 is 0.879 bits per heavy atom. The maximum Gasteiger partial charge on any atom is 0.261 e. The zero-order valence-electron chi connectivity index (χ0n) is 18.1. The van der Waals surface area contributed by atoms with Crippen LogP contribution in [0.5, 0.6) is 0 Å². The van der Waals surface area contributed by atoms with E-state index in [0.29, 0.717) is 16.4 Å². The molecule has 0 aliphatic rings. The number of hydrogen-bond donors (Lipinski definition) is 3. The maximum absolute atomic E-state index is 12.6. The molecular weight excluding hydrogens is 462 g/mol. The van der Waals surface area contributed by atoms with Gasteiger partial charge in [-0.15, -0.1) is 0 Å². The van der Waals surface area contributed by atoms with Crippen molar-refractivity contribution >= 4 is 44.8 Å². The molecule has 3 rings (SSSR count). The van der Waals surface area contributed by atoms with E-state index in [-0.39, 0.29) is 23.1 Å². The SMILES string of the molecule is CC(=O)NC(CC(=O)Nc1ccc(NS(=O)(=O)c2ccc(C)cc2)cc1)c1ccc(Cl)cc1. The summed E-state index contributed by atoms with van der Waals surface area (Å²) in [5, 5.41) is 6.09. The molecule has 0 aliphatic carbocycles. The van der Waals surface area contributed by atoms with Crippen molar-refractivity contribution in [2.75, 3.05) is 10.0 Å². The Hall–Kier alpha value is -3.36. The van der Waals surface area contributed by atoms with Gasteiger partial charge in [-0.2, -0.15) is 0 Å². The third-order valence-electron chi connectivity index (χ3n) is 4.79. The zero-order valence-corrected chi connectivity index (χ0v) is 19.7. The van der Waals surface area contributed by atoms with E-state index in [2.05, 4.69) is 15.4 Å². The van der Waals surface area contributed by atoms with Gasteiger partial charge in [0.25, 0.3) is 10.0 Å². The molecular formula is C24H24ClN3O4S. The zero-order chi connectivity index (χ0) is 24.0. The normalized spacial score (nSPS) is 12.0. The first-order chi connectivity index (χ1) is 15.6. The Kier molecular flexibility index (Phi) is 7.73. The van der Waals surface area contributed by atoms with Crippen molar-refractivity contribution in [2.24, 2.45) is 0 Å². The molecule has 0 aliphatic heterocycles. The van der Waals surface area contributed by atoms with E-state index >= 15 is 0 Å². The van der Waals surface area contributed by atoms with Gasteiger partial charge < -0.3 is 10.6 Å². The predicted molar refractivity (Wildman–Crippen MR) is 130 cm³/mol. The number of hydrogen-bond acceptors (Lipinski definition) is 4. The van der Waals surface area contributed by atoms with E-state index < -0.39 is 16.1 Å². The molecule has 9 heteroatoms. The number of halogens is 1. The summed E-state index contributed by atoms with van der Waals surface area (Å²) in [6.07, 6.45) is 0.0169.